The Kier molecular flexibility index (Phi) is 12.3. The predicted molar refractivity (Wildman–Crippen MR) is 145 cm³/mol. The molecule has 1 aliphatic carbocycles. The van der Waals surface area contributed by atoms with E-state index in [-0.39, 0.29) is 30.0 Å². The largest absolute Gasteiger partial charge is 0.373 e. The predicted octanol–water partition coefficient (Wildman–Crippen LogP) is 4.90. The minimum absolute atomic E-state index is 0.0165. The fraction of sp³-hybridized carbons (Fsp3) is 0.714. The van der Waals surface area contributed by atoms with Gasteiger partial charge in [-0.3, -0.25) is 4.79 Å². The molecule has 1 aromatic rings. The van der Waals surface area contributed by atoms with E-state index in [9.17, 15) is 9.59 Å². The van der Waals surface area contributed by atoms with Crippen LogP contribution in [0.5, 0.6) is 0 Å². The third-order valence-corrected chi connectivity index (χ3v) is 7.83. The highest BCUT2D eigenvalue weighted by molar-refractivity contribution is 6.30. The van der Waals surface area contributed by atoms with E-state index in [2.05, 4.69) is 16.0 Å². The van der Waals surface area contributed by atoms with Gasteiger partial charge >= 0.3 is 6.03 Å². The molecule has 0 radical (unpaired) electrons. The molecule has 7 nitrogen and oxygen atoms in total. The SMILES string of the molecule is CNC[C@H](CC1CCCCC1)NC(=O)N1CCCC([C@@H](OCCCC(=O)NC)c2cccc(Cl)c2)C1. The molecule has 3 N–H and O–H groups in total. The van der Waals surface area contributed by atoms with E-state index in [1.807, 2.05) is 36.2 Å². The lowest BCUT2D eigenvalue weighted by Crippen LogP contribution is -2.52. The highest BCUT2D eigenvalue weighted by Gasteiger charge is 2.32. The molecule has 202 valence electrons. The van der Waals surface area contributed by atoms with Crippen molar-refractivity contribution in [2.45, 2.75) is 76.4 Å². The number of urea groups is 1. The summed E-state index contributed by atoms with van der Waals surface area (Å²) >= 11 is 6.31. The number of nitrogens with zero attached hydrogens (tertiary/aromatic N) is 1. The number of rotatable bonds is 12. The number of amides is 3. The van der Waals surface area contributed by atoms with Crippen LogP contribution in [0.15, 0.2) is 24.3 Å². The number of likely N-dealkylation sites (tertiary alicyclic amines) is 1. The summed E-state index contributed by atoms with van der Waals surface area (Å²) in [5.74, 6) is 0.897. The minimum atomic E-state index is -0.167. The molecule has 2 fully saturated rings. The number of carbonyl (C=O) groups is 2. The van der Waals surface area contributed by atoms with E-state index in [0.29, 0.717) is 36.9 Å². The summed E-state index contributed by atoms with van der Waals surface area (Å²) < 4.78 is 6.36. The zero-order valence-corrected chi connectivity index (χ0v) is 22.8. The Labute approximate surface area is 222 Å². The minimum Gasteiger partial charge on any atom is -0.373 e. The normalized spacial score (nSPS) is 20.5. The van der Waals surface area contributed by atoms with Gasteiger partial charge in [-0.05, 0) is 56.3 Å². The van der Waals surface area contributed by atoms with Crippen LogP contribution in [0, 0.1) is 11.8 Å². The molecule has 2 aliphatic rings. The molecule has 1 aromatic carbocycles. The van der Waals surface area contributed by atoms with Crippen LogP contribution in [0.2, 0.25) is 5.02 Å². The van der Waals surface area contributed by atoms with Gasteiger partial charge in [0.25, 0.3) is 0 Å². The Balaban J connectivity index is 1.62. The van der Waals surface area contributed by atoms with E-state index in [1.165, 1.54) is 32.1 Å². The molecule has 3 atom stereocenters. The van der Waals surface area contributed by atoms with Crippen molar-refractivity contribution in [3.05, 3.63) is 34.9 Å². The molecule has 3 amide bonds. The highest BCUT2D eigenvalue weighted by Crippen LogP contribution is 2.34. The average Bonchev–Trinajstić information content (AvgIpc) is 2.89. The number of hydrogen-bond donors (Lipinski definition) is 3. The molecule has 0 spiro atoms. The van der Waals surface area contributed by atoms with Crippen LogP contribution in [0.1, 0.15) is 75.9 Å². The smallest absolute Gasteiger partial charge is 0.317 e. The molecule has 1 unspecified atom stereocenters. The van der Waals surface area contributed by atoms with Crippen LogP contribution in [0.3, 0.4) is 0 Å². The summed E-state index contributed by atoms with van der Waals surface area (Å²) in [5, 5.41) is 9.93. The highest BCUT2D eigenvalue weighted by atomic mass is 35.5. The first-order valence-corrected chi connectivity index (χ1v) is 14.2. The van der Waals surface area contributed by atoms with Crippen molar-refractivity contribution in [2.75, 3.05) is 40.3 Å². The number of carbonyl (C=O) groups excluding carboxylic acids is 2. The maximum atomic E-state index is 13.3. The van der Waals surface area contributed by atoms with Crippen molar-refractivity contribution >= 4 is 23.5 Å². The van der Waals surface area contributed by atoms with Crippen LogP contribution in [0.4, 0.5) is 4.79 Å². The van der Waals surface area contributed by atoms with Gasteiger partial charge in [-0.15, -0.1) is 0 Å². The fourth-order valence-corrected chi connectivity index (χ4v) is 5.93. The number of ether oxygens (including phenoxy) is 1. The average molecular weight is 521 g/mol. The standard InChI is InChI=1S/C28H45ClN4O3/c1-30-19-25(17-21-9-4-3-5-10-21)32-28(35)33-15-7-12-23(20-33)27(22-11-6-13-24(29)18-22)36-16-8-14-26(34)31-2/h6,11,13,18,21,23,25,27,30H,3-5,7-10,12,14-17,19-20H2,1-2H3,(H,31,34)(H,32,35)/t23?,25-,27-/m0/s1. The van der Waals surface area contributed by atoms with E-state index < -0.39 is 0 Å². The van der Waals surface area contributed by atoms with Gasteiger partial charge in [0.15, 0.2) is 0 Å². The molecule has 1 saturated carbocycles. The second-order valence-corrected chi connectivity index (χ2v) is 10.9. The first-order valence-electron chi connectivity index (χ1n) is 13.8. The molecular formula is C28H45ClN4O3. The summed E-state index contributed by atoms with van der Waals surface area (Å²) in [4.78, 5) is 26.9. The molecule has 1 saturated heterocycles. The maximum Gasteiger partial charge on any atom is 0.317 e. The molecule has 8 heteroatoms. The molecule has 1 heterocycles. The quantitative estimate of drug-likeness (QED) is 0.342. The summed E-state index contributed by atoms with van der Waals surface area (Å²) in [6.45, 7) is 2.68. The zero-order valence-electron chi connectivity index (χ0n) is 22.1. The van der Waals surface area contributed by atoms with Crippen molar-refractivity contribution in [1.29, 1.82) is 0 Å². The van der Waals surface area contributed by atoms with Crippen LogP contribution in [-0.4, -0.2) is 63.2 Å². The summed E-state index contributed by atoms with van der Waals surface area (Å²) in [6, 6.07) is 7.98. The molecular weight excluding hydrogens is 476 g/mol. The van der Waals surface area contributed by atoms with Gasteiger partial charge in [-0.2, -0.15) is 0 Å². The number of hydrogen-bond acceptors (Lipinski definition) is 4. The van der Waals surface area contributed by atoms with Crippen LogP contribution < -0.4 is 16.0 Å². The lowest BCUT2D eigenvalue weighted by Gasteiger charge is -2.38. The van der Waals surface area contributed by atoms with Crippen molar-refractivity contribution in [3.63, 3.8) is 0 Å². The van der Waals surface area contributed by atoms with Gasteiger partial charge in [-0.1, -0.05) is 55.8 Å². The first kappa shape index (κ1) is 28.7. The second kappa shape index (κ2) is 15.4. The van der Waals surface area contributed by atoms with Gasteiger partial charge in [0, 0.05) is 56.7 Å². The third kappa shape index (κ3) is 9.24. The van der Waals surface area contributed by atoms with Gasteiger partial charge in [-0.25, -0.2) is 4.79 Å². The zero-order chi connectivity index (χ0) is 25.8. The molecule has 36 heavy (non-hydrogen) atoms. The molecule has 3 rings (SSSR count). The Morgan fingerprint density at radius 1 is 1.14 bits per heavy atom. The number of piperidine rings is 1. The van der Waals surface area contributed by atoms with Crippen LogP contribution in [0.25, 0.3) is 0 Å². The van der Waals surface area contributed by atoms with Crippen molar-refractivity contribution in [3.8, 4) is 0 Å². The van der Waals surface area contributed by atoms with Gasteiger partial charge < -0.3 is 25.6 Å². The Morgan fingerprint density at radius 3 is 2.67 bits per heavy atom. The van der Waals surface area contributed by atoms with Gasteiger partial charge in [0.2, 0.25) is 5.91 Å². The van der Waals surface area contributed by atoms with Gasteiger partial charge in [0.1, 0.15) is 0 Å². The van der Waals surface area contributed by atoms with Crippen molar-refractivity contribution < 1.29 is 14.3 Å². The number of halogens is 1. The summed E-state index contributed by atoms with van der Waals surface area (Å²) in [5.41, 5.74) is 1.03. The topological polar surface area (TPSA) is 82.7 Å². The van der Waals surface area contributed by atoms with E-state index in [1.54, 1.807) is 7.05 Å². The third-order valence-electron chi connectivity index (χ3n) is 7.60. The lowest BCUT2D eigenvalue weighted by molar-refractivity contribution is -0.121. The number of likely N-dealkylation sites (N-methyl/N-ethyl adjacent to an activating group) is 1. The molecule has 1 aliphatic heterocycles. The van der Waals surface area contributed by atoms with E-state index in [0.717, 1.165) is 37.9 Å². The second-order valence-electron chi connectivity index (χ2n) is 10.4. The van der Waals surface area contributed by atoms with E-state index >= 15 is 0 Å². The summed E-state index contributed by atoms with van der Waals surface area (Å²) in [6.07, 6.45) is 10.4. The summed E-state index contributed by atoms with van der Waals surface area (Å²) in [7, 11) is 3.60. The van der Waals surface area contributed by atoms with Crippen LogP contribution in [-0.2, 0) is 9.53 Å². The van der Waals surface area contributed by atoms with Gasteiger partial charge in [0.05, 0.1) is 6.10 Å². The first-order chi connectivity index (χ1) is 17.5. The Morgan fingerprint density at radius 2 is 1.94 bits per heavy atom. The lowest BCUT2D eigenvalue weighted by atomic mass is 9.85. The molecule has 0 aromatic heterocycles. The Bertz CT molecular complexity index is 818. The Hall–Kier alpha value is -1.83. The molecule has 0 bridgehead atoms. The number of benzene rings is 1. The van der Waals surface area contributed by atoms with E-state index in [4.69, 9.17) is 16.3 Å². The van der Waals surface area contributed by atoms with Crippen molar-refractivity contribution in [1.82, 2.24) is 20.9 Å². The maximum absolute atomic E-state index is 13.3. The van der Waals surface area contributed by atoms with Crippen molar-refractivity contribution in [2.24, 2.45) is 11.8 Å². The number of nitrogens with one attached hydrogen (secondary N) is 3. The fourth-order valence-electron chi connectivity index (χ4n) is 5.73. The monoisotopic (exact) mass is 520 g/mol. The van der Waals surface area contributed by atoms with Crippen LogP contribution >= 0.6 is 11.6 Å².